The fraction of sp³-hybridized carbons (Fsp3) is 0.667. The molecule has 5 aliphatic rings. The first kappa shape index (κ1) is 21.7. The van der Waals surface area contributed by atoms with E-state index < -0.39 is 11.6 Å². The van der Waals surface area contributed by atoms with Crippen LogP contribution in [-0.2, 0) is 14.4 Å². The molecule has 172 valence electrons. The molecule has 4 bridgehead atoms. The number of aryl methyl sites for hydroxylation is 1. The number of carbonyl (C=O) groups excluding carboxylic acids is 3. The van der Waals surface area contributed by atoms with Gasteiger partial charge in [0.1, 0.15) is 6.04 Å². The minimum absolute atomic E-state index is 0.0776. The summed E-state index contributed by atoms with van der Waals surface area (Å²) in [5.74, 6) is 1.64. The molecule has 0 N–H and O–H groups in total. The first-order valence-corrected chi connectivity index (χ1v) is 12.4. The number of benzene rings is 1. The maximum atomic E-state index is 14.4. The Morgan fingerprint density at radius 2 is 1.56 bits per heavy atom. The van der Waals surface area contributed by atoms with Crippen molar-refractivity contribution in [2.75, 3.05) is 4.90 Å². The Morgan fingerprint density at radius 1 is 1.03 bits per heavy atom. The molecule has 3 amide bonds. The molecule has 5 fully saturated rings. The number of nitrogens with zero attached hydrogens (tertiary/aromatic N) is 2. The van der Waals surface area contributed by atoms with Crippen LogP contribution >= 0.6 is 0 Å². The van der Waals surface area contributed by atoms with Crippen molar-refractivity contribution < 1.29 is 14.4 Å². The molecule has 1 unspecified atom stereocenters. The van der Waals surface area contributed by atoms with E-state index in [1.807, 2.05) is 36.1 Å². The fourth-order valence-corrected chi connectivity index (χ4v) is 7.42. The maximum absolute atomic E-state index is 14.4. The summed E-state index contributed by atoms with van der Waals surface area (Å²) in [5.41, 5.74) is 0.867. The van der Waals surface area contributed by atoms with Crippen LogP contribution in [0, 0.1) is 30.1 Å². The Kier molecular flexibility index (Phi) is 5.03. The Bertz CT molecular complexity index is 913. The molecule has 4 aliphatic carbocycles. The van der Waals surface area contributed by atoms with E-state index in [0.29, 0.717) is 23.4 Å². The minimum atomic E-state index is -0.709. The van der Waals surface area contributed by atoms with E-state index in [1.165, 1.54) is 24.2 Å². The van der Waals surface area contributed by atoms with Gasteiger partial charge in [-0.15, -0.1) is 0 Å². The van der Waals surface area contributed by atoms with Crippen LogP contribution in [0.1, 0.15) is 77.7 Å². The molecule has 1 aliphatic heterocycles. The number of hydrogen-bond acceptors (Lipinski definition) is 3. The number of carbonyl (C=O) groups is 3. The topological polar surface area (TPSA) is 57.7 Å². The molecule has 4 saturated carbocycles. The molecule has 5 heteroatoms. The van der Waals surface area contributed by atoms with Gasteiger partial charge in [0.05, 0.1) is 17.5 Å². The van der Waals surface area contributed by atoms with E-state index in [9.17, 15) is 14.4 Å². The fourth-order valence-electron chi connectivity index (χ4n) is 7.42. The van der Waals surface area contributed by atoms with Crippen LogP contribution in [0.15, 0.2) is 24.3 Å². The molecule has 6 rings (SSSR count). The number of rotatable bonds is 5. The third kappa shape index (κ3) is 3.31. The van der Waals surface area contributed by atoms with Gasteiger partial charge in [-0.3, -0.25) is 14.4 Å². The van der Waals surface area contributed by atoms with E-state index in [1.54, 1.807) is 0 Å². The summed E-state index contributed by atoms with van der Waals surface area (Å²) < 4.78 is 0. The van der Waals surface area contributed by atoms with Gasteiger partial charge in [0, 0.05) is 5.54 Å². The minimum Gasteiger partial charge on any atom is -0.325 e. The normalized spacial score (nSPS) is 33.8. The molecule has 1 atom stereocenters. The van der Waals surface area contributed by atoms with Gasteiger partial charge in [0.2, 0.25) is 11.8 Å². The maximum Gasteiger partial charge on any atom is 0.257 e. The van der Waals surface area contributed by atoms with Crippen molar-refractivity contribution in [1.29, 1.82) is 0 Å². The number of hydrogen-bond donors (Lipinski definition) is 0. The SMILES string of the molecule is CCC(C)(C)N(C(=O)C12CC3CC(CC(C3)C1)C2)C1CC(=O)N(c2ccc(C)cc2)C1=O. The first-order valence-electron chi connectivity index (χ1n) is 12.4. The van der Waals surface area contributed by atoms with E-state index in [4.69, 9.17) is 0 Å². The molecule has 1 heterocycles. The Balaban J connectivity index is 1.49. The highest BCUT2D eigenvalue weighted by Gasteiger charge is 2.59. The summed E-state index contributed by atoms with van der Waals surface area (Å²) in [6.07, 6.45) is 7.52. The van der Waals surface area contributed by atoms with Crippen LogP contribution in [0.4, 0.5) is 5.69 Å². The zero-order valence-electron chi connectivity index (χ0n) is 19.9. The van der Waals surface area contributed by atoms with Crippen molar-refractivity contribution in [3.05, 3.63) is 29.8 Å². The van der Waals surface area contributed by atoms with E-state index in [2.05, 4.69) is 20.8 Å². The summed E-state index contributed by atoms with van der Waals surface area (Å²) >= 11 is 0. The first-order chi connectivity index (χ1) is 15.1. The van der Waals surface area contributed by atoms with E-state index in [0.717, 1.165) is 31.2 Å². The molecule has 1 saturated heterocycles. The van der Waals surface area contributed by atoms with Crippen molar-refractivity contribution in [3.63, 3.8) is 0 Å². The van der Waals surface area contributed by atoms with Crippen molar-refractivity contribution in [2.45, 2.75) is 90.6 Å². The smallest absolute Gasteiger partial charge is 0.257 e. The second-order valence-corrected chi connectivity index (χ2v) is 11.7. The van der Waals surface area contributed by atoms with Crippen LogP contribution in [0.5, 0.6) is 0 Å². The summed E-state index contributed by atoms with van der Waals surface area (Å²) in [4.78, 5) is 44.2. The van der Waals surface area contributed by atoms with Crippen molar-refractivity contribution >= 4 is 23.4 Å². The average Bonchev–Trinajstić information content (AvgIpc) is 3.01. The van der Waals surface area contributed by atoms with Gasteiger partial charge >= 0.3 is 0 Å². The van der Waals surface area contributed by atoms with Crippen LogP contribution in [0.2, 0.25) is 0 Å². The molecule has 0 radical (unpaired) electrons. The van der Waals surface area contributed by atoms with Crippen LogP contribution in [-0.4, -0.2) is 34.2 Å². The second-order valence-electron chi connectivity index (χ2n) is 11.7. The van der Waals surface area contributed by atoms with Gasteiger partial charge in [-0.2, -0.15) is 0 Å². The van der Waals surface area contributed by atoms with Crippen molar-refractivity contribution in [3.8, 4) is 0 Å². The summed E-state index contributed by atoms with van der Waals surface area (Å²) in [5, 5.41) is 0. The molecule has 5 nitrogen and oxygen atoms in total. The lowest BCUT2D eigenvalue weighted by Crippen LogP contribution is -2.62. The zero-order chi connectivity index (χ0) is 22.8. The second kappa shape index (κ2) is 7.43. The molecule has 1 aromatic carbocycles. The number of amides is 3. The summed E-state index contributed by atoms with van der Waals surface area (Å²) in [7, 11) is 0. The van der Waals surface area contributed by atoms with Crippen LogP contribution in [0.25, 0.3) is 0 Å². The lowest BCUT2D eigenvalue weighted by molar-refractivity contribution is -0.168. The highest BCUT2D eigenvalue weighted by molar-refractivity contribution is 6.23. The van der Waals surface area contributed by atoms with Gasteiger partial charge in [-0.05, 0) is 95.6 Å². The Morgan fingerprint density at radius 3 is 2.06 bits per heavy atom. The highest BCUT2D eigenvalue weighted by atomic mass is 16.2. The van der Waals surface area contributed by atoms with Crippen molar-refractivity contribution in [1.82, 2.24) is 4.90 Å². The lowest BCUT2D eigenvalue weighted by atomic mass is 9.49. The van der Waals surface area contributed by atoms with Gasteiger partial charge in [0.25, 0.3) is 5.91 Å². The molecular formula is C27H36N2O3. The lowest BCUT2D eigenvalue weighted by Gasteiger charge is -2.58. The molecule has 32 heavy (non-hydrogen) atoms. The largest absolute Gasteiger partial charge is 0.325 e. The Labute approximate surface area is 191 Å². The standard InChI is InChI=1S/C27H36N2O3/c1-5-26(3,4)29(25(32)27-14-18-10-19(15-27)12-20(11-18)16-27)22-13-23(30)28(24(22)31)21-8-6-17(2)7-9-21/h6-9,18-20,22H,5,10-16H2,1-4H3. The van der Waals surface area contributed by atoms with Crippen LogP contribution in [0.3, 0.4) is 0 Å². The molecular weight excluding hydrogens is 400 g/mol. The molecule has 0 spiro atoms. The average molecular weight is 437 g/mol. The van der Waals surface area contributed by atoms with Crippen LogP contribution < -0.4 is 4.90 Å². The summed E-state index contributed by atoms with van der Waals surface area (Å²) in [6.45, 7) is 8.16. The highest BCUT2D eigenvalue weighted by Crippen LogP contribution is 2.61. The van der Waals surface area contributed by atoms with Crippen molar-refractivity contribution in [2.24, 2.45) is 23.2 Å². The Hall–Kier alpha value is -2.17. The van der Waals surface area contributed by atoms with Gasteiger partial charge in [-0.1, -0.05) is 24.6 Å². The molecule has 0 aromatic heterocycles. The number of imide groups is 1. The van der Waals surface area contributed by atoms with Gasteiger partial charge in [0.15, 0.2) is 0 Å². The predicted molar refractivity (Wildman–Crippen MR) is 124 cm³/mol. The molecule has 1 aromatic rings. The number of anilines is 1. The summed E-state index contributed by atoms with van der Waals surface area (Å²) in [6, 6.07) is 6.77. The van der Waals surface area contributed by atoms with Gasteiger partial charge in [-0.25, -0.2) is 4.90 Å². The third-order valence-corrected chi connectivity index (χ3v) is 8.95. The quantitative estimate of drug-likeness (QED) is 0.620. The monoisotopic (exact) mass is 436 g/mol. The zero-order valence-corrected chi connectivity index (χ0v) is 19.9. The van der Waals surface area contributed by atoms with E-state index in [-0.39, 0.29) is 29.6 Å². The van der Waals surface area contributed by atoms with E-state index >= 15 is 0 Å². The van der Waals surface area contributed by atoms with Gasteiger partial charge < -0.3 is 4.90 Å². The predicted octanol–water partition coefficient (Wildman–Crippen LogP) is 4.86. The third-order valence-electron chi connectivity index (χ3n) is 8.95.